The molecule has 2 heteroatoms. The van der Waals surface area contributed by atoms with E-state index >= 15 is 0 Å². The average molecular weight is 227 g/mol. The molecule has 0 N–H and O–H groups in total. The summed E-state index contributed by atoms with van der Waals surface area (Å²) < 4.78 is 0. The molecule has 0 fully saturated rings. The van der Waals surface area contributed by atoms with E-state index in [0.717, 1.165) is 0 Å². The monoisotopic (exact) mass is 226 g/mol. The zero-order valence-corrected chi connectivity index (χ0v) is 7.54. The predicted molar refractivity (Wildman–Crippen MR) is 34.8 cm³/mol. The van der Waals surface area contributed by atoms with Crippen LogP contribution in [0.25, 0.3) is 0 Å². The Balaban J connectivity index is 2.53. The van der Waals surface area contributed by atoms with Crippen LogP contribution in [0.3, 0.4) is 0 Å². The molecule has 0 aromatic rings. The van der Waals surface area contributed by atoms with Crippen molar-refractivity contribution in [2.75, 3.05) is 0 Å². The molecule has 54 valence electrons. The zero-order valence-electron chi connectivity index (χ0n) is 5.23. The Morgan fingerprint density at radius 1 is 1.25 bits per heavy atom. The first-order valence-electron chi connectivity index (χ1n) is 3.05. The van der Waals surface area contributed by atoms with Crippen LogP contribution in [0.2, 0.25) is 4.89 Å². The fourth-order valence-corrected chi connectivity index (χ4v) is 1.64. The van der Waals surface area contributed by atoms with Crippen LogP contribution in [-0.4, -0.2) is 0 Å². The van der Waals surface area contributed by atoms with Crippen molar-refractivity contribution < 1.29 is 17.0 Å². The zero-order chi connectivity index (χ0) is 6.24. The molecular formula is C6H13ClPd. The Hall–Kier alpha value is 0.952. The van der Waals surface area contributed by atoms with Crippen LogP contribution in [0.15, 0.2) is 0 Å². The minimum absolute atomic E-state index is 0.485. The summed E-state index contributed by atoms with van der Waals surface area (Å²) in [7, 11) is 5.53. The summed E-state index contributed by atoms with van der Waals surface area (Å²) in [6.45, 7) is 2.23. The van der Waals surface area contributed by atoms with Gasteiger partial charge in [0.15, 0.2) is 0 Å². The van der Waals surface area contributed by atoms with E-state index in [2.05, 4.69) is 6.92 Å². The van der Waals surface area contributed by atoms with Gasteiger partial charge in [0.2, 0.25) is 0 Å². The van der Waals surface area contributed by atoms with Crippen LogP contribution in [0, 0.1) is 0 Å². The molecule has 0 heterocycles. The molecule has 0 radical (unpaired) electrons. The summed E-state index contributed by atoms with van der Waals surface area (Å²) in [6, 6.07) is 0. The summed E-state index contributed by atoms with van der Waals surface area (Å²) in [5, 5.41) is 0. The van der Waals surface area contributed by atoms with Gasteiger partial charge in [-0.15, -0.1) is 0 Å². The molecule has 0 saturated heterocycles. The maximum absolute atomic E-state index is 5.53. The summed E-state index contributed by atoms with van der Waals surface area (Å²) in [6.07, 6.45) is 5.42. The molecule has 0 aromatic carbocycles. The topological polar surface area (TPSA) is 0 Å². The van der Waals surface area contributed by atoms with Gasteiger partial charge in [0, 0.05) is 0 Å². The molecule has 8 heavy (non-hydrogen) atoms. The van der Waals surface area contributed by atoms with E-state index in [9.17, 15) is 0 Å². The van der Waals surface area contributed by atoms with Crippen molar-refractivity contribution in [3.8, 4) is 0 Å². The first-order valence-corrected chi connectivity index (χ1v) is 6.15. The molecule has 0 aliphatic heterocycles. The molecule has 0 unspecified atom stereocenters. The summed E-state index contributed by atoms with van der Waals surface area (Å²) >= 11 is 0.485. The number of unbranched alkanes of at least 4 members (excludes halogenated alkanes) is 3. The molecule has 0 aliphatic carbocycles. The van der Waals surface area contributed by atoms with Crippen molar-refractivity contribution in [2.45, 2.75) is 37.5 Å². The van der Waals surface area contributed by atoms with Gasteiger partial charge in [-0.25, -0.2) is 0 Å². The van der Waals surface area contributed by atoms with Crippen molar-refractivity contribution in [3.05, 3.63) is 0 Å². The Labute approximate surface area is 64.1 Å². The Kier molecular flexibility index (Phi) is 8.90. The molecule has 0 aliphatic rings. The second-order valence-corrected chi connectivity index (χ2v) is 4.00. The number of halogens is 1. The van der Waals surface area contributed by atoms with Gasteiger partial charge in [0.1, 0.15) is 0 Å². The van der Waals surface area contributed by atoms with Crippen LogP contribution in [-0.2, 0) is 17.0 Å². The molecule has 0 saturated carbocycles. The van der Waals surface area contributed by atoms with E-state index in [1.807, 2.05) is 0 Å². The van der Waals surface area contributed by atoms with Crippen molar-refractivity contribution in [1.82, 2.24) is 0 Å². The second-order valence-electron chi connectivity index (χ2n) is 1.80. The van der Waals surface area contributed by atoms with Gasteiger partial charge in [-0.3, -0.25) is 0 Å². The predicted octanol–water partition coefficient (Wildman–Crippen LogP) is 3.22. The number of hydrogen-bond donors (Lipinski definition) is 0. The molecular weight excluding hydrogens is 214 g/mol. The van der Waals surface area contributed by atoms with Gasteiger partial charge in [-0.1, -0.05) is 0 Å². The van der Waals surface area contributed by atoms with E-state index in [-0.39, 0.29) is 0 Å². The van der Waals surface area contributed by atoms with E-state index in [0.29, 0.717) is 17.0 Å². The van der Waals surface area contributed by atoms with Crippen LogP contribution in [0.5, 0.6) is 0 Å². The molecule has 0 amide bonds. The minimum atomic E-state index is 0.485. The third-order valence-electron chi connectivity index (χ3n) is 1.03. The van der Waals surface area contributed by atoms with Crippen LogP contribution >= 0.6 is 9.53 Å². The maximum atomic E-state index is 5.53. The van der Waals surface area contributed by atoms with Crippen molar-refractivity contribution in [1.29, 1.82) is 0 Å². The van der Waals surface area contributed by atoms with Crippen molar-refractivity contribution >= 4 is 9.53 Å². The first-order chi connectivity index (χ1) is 3.91. The average Bonchev–Trinajstić information content (AvgIpc) is 1.81. The van der Waals surface area contributed by atoms with Crippen LogP contribution < -0.4 is 0 Å². The summed E-state index contributed by atoms with van der Waals surface area (Å²) in [4.78, 5) is 1.25. The first kappa shape index (κ1) is 8.95. The Morgan fingerprint density at radius 3 is 2.50 bits per heavy atom. The Bertz CT molecular complexity index is 33.5. The molecule has 0 spiro atoms. The van der Waals surface area contributed by atoms with E-state index < -0.39 is 0 Å². The third-order valence-corrected chi connectivity index (χ3v) is 2.58. The van der Waals surface area contributed by atoms with Gasteiger partial charge in [-0.2, -0.15) is 0 Å². The quantitative estimate of drug-likeness (QED) is 0.499. The van der Waals surface area contributed by atoms with E-state index in [1.54, 1.807) is 0 Å². The van der Waals surface area contributed by atoms with Gasteiger partial charge < -0.3 is 0 Å². The number of hydrogen-bond acceptors (Lipinski definition) is 0. The normalized spacial score (nSPS) is 10.2. The van der Waals surface area contributed by atoms with Crippen molar-refractivity contribution in [2.24, 2.45) is 0 Å². The summed E-state index contributed by atoms with van der Waals surface area (Å²) in [5.74, 6) is 0. The summed E-state index contributed by atoms with van der Waals surface area (Å²) in [5.41, 5.74) is 0. The fraction of sp³-hybridized carbons (Fsp3) is 1.00. The van der Waals surface area contributed by atoms with E-state index in [4.69, 9.17) is 9.53 Å². The second kappa shape index (κ2) is 7.95. The fourth-order valence-electron chi connectivity index (χ4n) is 0.548. The molecule has 0 rings (SSSR count). The van der Waals surface area contributed by atoms with Gasteiger partial charge >= 0.3 is 64.0 Å². The molecule has 0 atom stereocenters. The van der Waals surface area contributed by atoms with Crippen LogP contribution in [0.4, 0.5) is 0 Å². The molecule has 0 aromatic heterocycles. The SMILES string of the molecule is CCCCC[CH2][Pd][Cl]. The van der Waals surface area contributed by atoms with Gasteiger partial charge in [0.05, 0.1) is 0 Å². The van der Waals surface area contributed by atoms with E-state index in [1.165, 1.54) is 30.6 Å². The van der Waals surface area contributed by atoms with Crippen LogP contribution in [0.1, 0.15) is 32.6 Å². The van der Waals surface area contributed by atoms with Gasteiger partial charge in [-0.05, 0) is 0 Å². The Morgan fingerprint density at radius 2 is 2.00 bits per heavy atom. The van der Waals surface area contributed by atoms with Crippen molar-refractivity contribution in [3.63, 3.8) is 0 Å². The molecule has 0 nitrogen and oxygen atoms in total. The molecule has 0 bridgehead atoms. The standard InChI is InChI=1S/C6H13.ClH.Pd/c1-3-5-6-4-2;;/h1,3-6H2,2H3;1H;/q;;+1/p-1. The number of rotatable bonds is 5. The third kappa shape index (κ3) is 6.95. The van der Waals surface area contributed by atoms with Gasteiger partial charge in [0.25, 0.3) is 0 Å².